The minimum Gasteiger partial charge on any atom is -0.371 e. The van der Waals surface area contributed by atoms with Crippen LogP contribution in [0.1, 0.15) is 46.6 Å². The normalized spacial score (nSPS) is 17.9. The highest BCUT2D eigenvalue weighted by Crippen LogP contribution is 2.43. The highest BCUT2D eigenvalue weighted by atomic mass is 32.2. The van der Waals surface area contributed by atoms with Gasteiger partial charge in [0.05, 0.1) is 17.6 Å². The number of sulfonamides is 1. The summed E-state index contributed by atoms with van der Waals surface area (Å²) in [5.74, 6) is 0.132. The molecule has 3 aromatic rings. The number of anilines is 1. The molecule has 1 saturated heterocycles. The molecule has 0 saturated carbocycles. The van der Waals surface area contributed by atoms with Crippen molar-refractivity contribution in [2.75, 3.05) is 18.0 Å². The Bertz CT molecular complexity index is 1350. The first-order valence-electron chi connectivity index (χ1n) is 11.7. The van der Waals surface area contributed by atoms with Crippen molar-refractivity contribution in [3.8, 4) is 0 Å². The molecule has 6 nitrogen and oxygen atoms in total. The molecular weight excluding hydrogens is 477 g/mol. The van der Waals surface area contributed by atoms with Gasteiger partial charge in [0.15, 0.2) is 5.03 Å². The van der Waals surface area contributed by atoms with Crippen LogP contribution in [0.4, 0.5) is 18.9 Å². The summed E-state index contributed by atoms with van der Waals surface area (Å²) in [4.78, 5) is 5.74. The predicted octanol–water partition coefficient (Wildman–Crippen LogP) is 4.40. The fraction of sp³-hybridized carbons (Fsp3) is 0.400. The third kappa shape index (κ3) is 4.81. The van der Waals surface area contributed by atoms with Gasteiger partial charge in [-0.05, 0) is 59.9 Å². The zero-order chi connectivity index (χ0) is 24.8. The topological polar surface area (TPSA) is 67.2 Å². The Hall–Kier alpha value is -2.85. The molecule has 0 amide bonds. The average molecular weight is 505 g/mol. The number of aryl methyl sites for hydroxylation is 2. The van der Waals surface area contributed by atoms with Crippen LogP contribution in [0.15, 0.2) is 53.9 Å². The van der Waals surface area contributed by atoms with Crippen LogP contribution in [-0.2, 0) is 42.6 Å². The van der Waals surface area contributed by atoms with E-state index in [1.54, 1.807) is 11.6 Å². The van der Waals surface area contributed by atoms with Gasteiger partial charge in [-0.2, -0.15) is 13.2 Å². The number of nitrogens with one attached hydrogen (secondary N) is 1. The van der Waals surface area contributed by atoms with Crippen molar-refractivity contribution in [3.05, 3.63) is 76.7 Å². The van der Waals surface area contributed by atoms with E-state index in [0.29, 0.717) is 25.2 Å². The monoisotopic (exact) mass is 504 g/mol. The zero-order valence-electron chi connectivity index (χ0n) is 19.3. The molecule has 1 aliphatic carbocycles. The van der Waals surface area contributed by atoms with Crippen LogP contribution in [0.3, 0.4) is 0 Å². The SMILES string of the molecule is Cn1cnc(S(=O)(=O)NCc2ccc3c(c2)CCC3Cc2cccc(C(F)(F)F)c2N2CCC2)c1. The lowest BCUT2D eigenvalue weighted by atomic mass is 9.90. The highest BCUT2D eigenvalue weighted by molar-refractivity contribution is 7.89. The summed E-state index contributed by atoms with van der Waals surface area (Å²) in [6.07, 6.45) is 1.62. The van der Waals surface area contributed by atoms with Crippen molar-refractivity contribution in [2.24, 2.45) is 7.05 Å². The van der Waals surface area contributed by atoms with Crippen LogP contribution in [0.5, 0.6) is 0 Å². The van der Waals surface area contributed by atoms with Crippen LogP contribution in [0.2, 0.25) is 0 Å². The molecular formula is C25H27F3N4O2S. The lowest BCUT2D eigenvalue weighted by Crippen LogP contribution is -2.39. The van der Waals surface area contributed by atoms with E-state index in [9.17, 15) is 21.6 Å². The molecule has 1 fully saturated rings. The Morgan fingerprint density at radius 1 is 1.17 bits per heavy atom. The van der Waals surface area contributed by atoms with Crippen LogP contribution in [-0.4, -0.2) is 31.1 Å². The van der Waals surface area contributed by atoms with Crippen molar-refractivity contribution >= 4 is 15.7 Å². The molecule has 5 rings (SSSR count). The number of aromatic nitrogens is 2. The van der Waals surface area contributed by atoms with E-state index in [-0.39, 0.29) is 17.5 Å². The number of benzene rings is 2. The van der Waals surface area contributed by atoms with E-state index < -0.39 is 21.8 Å². The fourth-order valence-corrected chi connectivity index (χ4v) is 6.02. The molecule has 1 aliphatic heterocycles. The van der Waals surface area contributed by atoms with E-state index in [1.807, 2.05) is 29.2 Å². The van der Waals surface area contributed by atoms with Gasteiger partial charge >= 0.3 is 6.18 Å². The molecule has 0 bridgehead atoms. The molecule has 0 radical (unpaired) electrons. The number of alkyl halides is 3. The Kier molecular flexibility index (Phi) is 6.13. The van der Waals surface area contributed by atoms with E-state index in [2.05, 4.69) is 9.71 Å². The largest absolute Gasteiger partial charge is 0.418 e. The molecule has 2 aromatic carbocycles. The van der Waals surface area contributed by atoms with Gasteiger partial charge in [-0.25, -0.2) is 18.1 Å². The number of para-hydroxylation sites is 1. The minimum absolute atomic E-state index is 0.0275. The van der Waals surface area contributed by atoms with Gasteiger partial charge in [0.25, 0.3) is 10.0 Å². The van der Waals surface area contributed by atoms with Crippen LogP contribution < -0.4 is 9.62 Å². The first-order valence-corrected chi connectivity index (χ1v) is 13.1. The molecule has 186 valence electrons. The Balaban J connectivity index is 1.33. The second kappa shape index (κ2) is 8.98. The van der Waals surface area contributed by atoms with Gasteiger partial charge in [-0.1, -0.05) is 30.3 Å². The summed E-state index contributed by atoms with van der Waals surface area (Å²) in [6, 6.07) is 10.4. The second-order valence-electron chi connectivity index (χ2n) is 9.33. The van der Waals surface area contributed by atoms with Crippen molar-refractivity contribution in [3.63, 3.8) is 0 Å². The number of fused-ring (bicyclic) bond motifs is 1. The van der Waals surface area contributed by atoms with Crippen molar-refractivity contribution in [2.45, 2.75) is 49.3 Å². The van der Waals surface area contributed by atoms with Crippen molar-refractivity contribution in [1.29, 1.82) is 0 Å². The average Bonchev–Trinajstić information content (AvgIpc) is 3.38. The van der Waals surface area contributed by atoms with Crippen LogP contribution in [0.25, 0.3) is 0 Å². The van der Waals surface area contributed by atoms with Crippen LogP contribution >= 0.6 is 0 Å². The number of rotatable bonds is 7. The third-order valence-corrected chi connectivity index (χ3v) is 8.18. The molecule has 1 aromatic heterocycles. The second-order valence-corrected chi connectivity index (χ2v) is 11.0. The lowest BCUT2D eigenvalue weighted by molar-refractivity contribution is -0.137. The first kappa shape index (κ1) is 23.9. The zero-order valence-corrected chi connectivity index (χ0v) is 20.2. The van der Waals surface area contributed by atoms with Crippen molar-refractivity contribution in [1.82, 2.24) is 14.3 Å². The lowest BCUT2D eigenvalue weighted by Gasteiger charge is -2.37. The summed E-state index contributed by atoms with van der Waals surface area (Å²) in [6.45, 7) is 1.45. The summed E-state index contributed by atoms with van der Waals surface area (Å²) >= 11 is 0. The highest BCUT2D eigenvalue weighted by Gasteiger charge is 2.37. The first-order chi connectivity index (χ1) is 16.6. The third-order valence-electron chi connectivity index (χ3n) is 6.90. The Morgan fingerprint density at radius 2 is 1.97 bits per heavy atom. The number of imidazole rings is 1. The maximum absolute atomic E-state index is 13.7. The number of halogens is 3. The van der Waals surface area contributed by atoms with E-state index >= 15 is 0 Å². The molecule has 10 heteroatoms. The van der Waals surface area contributed by atoms with Gasteiger partial charge in [-0.3, -0.25) is 0 Å². The number of hydrogen-bond donors (Lipinski definition) is 1. The Morgan fingerprint density at radius 3 is 2.63 bits per heavy atom. The molecule has 1 unspecified atom stereocenters. The summed E-state index contributed by atoms with van der Waals surface area (Å²) < 4.78 is 70.3. The van der Waals surface area contributed by atoms with Gasteiger partial charge in [0, 0.05) is 32.9 Å². The quantitative estimate of drug-likeness (QED) is 0.518. The van der Waals surface area contributed by atoms with Gasteiger partial charge in [0.2, 0.25) is 0 Å². The maximum Gasteiger partial charge on any atom is 0.418 e. The van der Waals surface area contributed by atoms with Crippen molar-refractivity contribution < 1.29 is 21.6 Å². The summed E-state index contributed by atoms with van der Waals surface area (Å²) in [5, 5.41) is -0.0275. The van der Waals surface area contributed by atoms with E-state index in [1.165, 1.54) is 24.7 Å². The predicted molar refractivity (Wildman–Crippen MR) is 127 cm³/mol. The molecule has 2 aliphatic rings. The number of nitrogens with zero attached hydrogens (tertiary/aromatic N) is 3. The Labute approximate surface area is 202 Å². The van der Waals surface area contributed by atoms with Gasteiger partial charge in [-0.15, -0.1) is 0 Å². The summed E-state index contributed by atoms with van der Waals surface area (Å²) in [5.41, 5.74) is 3.62. The van der Waals surface area contributed by atoms with E-state index in [4.69, 9.17) is 0 Å². The van der Waals surface area contributed by atoms with Crippen LogP contribution in [0, 0.1) is 0 Å². The molecule has 35 heavy (non-hydrogen) atoms. The molecule has 2 heterocycles. The van der Waals surface area contributed by atoms with E-state index in [0.717, 1.165) is 41.5 Å². The summed E-state index contributed by atoms with van der Waals surface area (Å²) in [7, 11) is -2.00. The van der Waals surface area contributed by atoms with Gasteiger partial charge in [0.1, 0.15) is 0 Å². The maximum atomic E-state index is 13.7. The minimum atomic E-state index is -4.38. The molecule has 1 N–H and O–H groups in total. The fourth-order valence-electron chi connectivity index (χ4n) is 5.02. The molecule has 1 atom stereocenters. The van der Waals surface area contributed by atoms with Gasteiger partial charge < -0.3 is 9.47 Å². The smallest absolute Gasteiger partial charge is 0.371 e. The number of hydrogen-bond acceptors (Lipinski definition) is 4. The standard InChI is InChI=1S/C25H27F3N4O2S/c1-31-15-23(29-16-31)35(33,34)30-14-17-6-9-21-18(12-17)7-8-19(21)13-20-4-2-5-22(25(26,27)28)24(20)32-10-3-11-32/h2,4-6,9,12,15-16,19,30H,3,7-8,10-11,13-14H2,1H3. The molecule has 0 spiro atoms.